The number of carboxylic acid groups (broad SMARTS) is 1. The maximum Gasteiger partial charge on any atom is 0.303 e. The highest BCUT2D eigenvalue weighted by Crippen LogP contribution is 2.29. The molecule has 122 valence electrons. The number of carbonyl (C=O) groups is 2. The Morgan fingerprint density at radius 1 is 1.29 bits per heavy atom. The lowest BCUT2D eigenvalue weighted by molar-refractivity contribution is -0.137. The van der Waals surface area contributed by atoms with Gasteiger partial charge in [-0.05, 0) is 38.1 Å². The van der Waals surface area contributed by atoms with Gasteiger partial charge in [-0.2, -0.15) is 0 Å². The Morgan fingerprint density at radius 3 is 2.57 bits per heavy atom. The van der Waals surface area contributed by atoms with Crippen LogP contribution in [0.5, 0.6) is 0 Å². The Hall–Kier alpha value is -1.10. The molecule has 0 aliphatic carbocycles. The van der Waals surface area contributed by atoms with Gasteiger partial charge in [0.2, 0.25) is 5.91 Å². The van der Waals surface area contributed by atoms with Crippen LogP contribution in [0.3, 0.4) is 0 Å². The minimum atomic E-state index is -0.734. The summed E-state index contributed by atoms with van der Waals surface area (Å²) in [6, 6.07) is 0. The lowest BCUT2D eigenvalue weighted by Gasteiger charge is -2.26. The minimum Gasteiger partial charge on any atom is -0.481 e. The fraction of sp³-hybridized carbons (Fsp3) is 0.875. The van der Waals surface area contributed by atoms with Crippen LogP contribution in [0, 0.1) is 11.3 Å². The van der Waals surface area contributed by atoms with Crippen LogP contribution in [0.15, 0.2) is 0 Å². The van der Waals surface area contributed by atoms with E-state index in [1.807, 2.05) is 0 Å². The summed E-state index contributed by atoms with van der Waals surface area (Å²) in [4.78, 5) is 23.0. The van der Waals surface area contributed by atoms with E-state index in [2.05, 4.69) is 24.5 Å². The van der Waals surface area contributed by atoms with Crippen LogP contribution in [-0.4, -0.2) is 36.6 Å². The summed E-state index contributed by atoms with van der Waals surface area (Å²) in [5, 5.41) is 15.1. The highest BCUT2D eigenvalue weighted by Gasteiger charge is 2.39. The van der Waals surface area contributed by atoms with E-state index in [4.69, 9.17) is 5.11 Å². The van der Waals surface area contributed by atoms with Crippen molar-refractivity contribution in [1.82, 2.24) is 10.6 Å². The topological polar surface area (TPSA) is 78.4 Å². The van der Waals surface area contributed by atoms with Crippen LogP contribution in [0.4, 0.5) is 0 Å². The molecule has 1 rings (SSSR count). The number of amides is 1. The van der Waals surface area contributed by atoms with Gasteiger partial charge in [-0.1, -0.05) is 26.7 Å². The van der Waals surface area contributed by atoms with E-state index in [1.54, 1.807) is 0 Å². The molecule has 0 radical (unpaired) electrons. The first kappa shape index (κ1) is 18.0. The minimum absolute atomic E-state index is 0.156. The van der Waals surface area contributed by atoms with E-state index in [1.165, 1.54) is 0 Å². The molecule has 0 aromatic heterocycles. The first-order chi connectivity index (χ1) is 10.0. The SMILES string of the molecule is CCCC(CCNC(=O)C1(CC)CCNC1)CCC(=O)O. The van der Waals surface area contributed by atoms with Crippen LogP contribution in [-0.2, 0) is 9.59 Å². The number of aliphatic carboxylic acids is 1. The van der Waals surface area contributed by atoms with E-state index >= 15 is 0 Å². The second kappa shape index (κ2) is 9.03. The van der Waals surface area contributed by atoms with E-state index in [0.717, 1.165) is 45.2 Å². The highest BCUT2D eigenvalue weighted by molar-refractivity contribution is 5.83. The Balaban J connectivity index is 2.35. The number of carboxylic acids is 1. The van der Waals surface area contributed by atoms with Gasteiger partial charge in [-0.15, -0.1) is 0 Å². The van der Waals surface area contributed by atoms with E-state index in [9.17, 15) is 9.59 Å². The van der Waals surface area contributed by atoms with Crippen molar-refractivity contribution in [1.29, 1.82) is 0 Å². The molecule has 1 amide bonds. The van der Waals surface area contributed by atoms with Crippen LogP contribution in [0.2, 0.25) is 0 Å². The number of rotatable bonds is 10. The summed E-state index contributed by atoms with van der Waals surface area (Å²) in [6.07, 6.45) is 5.67. The van der Waals surface area contributed by atoms with Crippen molar-refractivity contribution in [2.75, 3.05) is 19.6 Å². The summed E-state index contributed by atoms with van der Waals surface area (Å²) in [7, 11) is 0. The van der Waals surface area contributed by atoms with Crippen molar-refractivity contribution in [3.63, 3.8) is 0 Å². The zero-order valence-electron chi connectivity index (χ0n) is 13.4. The Morgan fingerprint density at radius 2 is 2.05 bits per heavy atom. The van der Waals surface area contributed by atoms with Crippen molar-refractivity contribution >= 4 is 11.9 Å². The lowest BCUT2D eigenvalue weighted by atomic mass is 9.83. The monoisotopic (exact) mass is 298 g/mol. The third-order valence-corrected chi connectivity index (χ3v) is 4.70. The fourth-order valence-corrected chi connectivity index (χ4v) is 3.15. The second-order valence-electron chi connectivity index (χ2n) is 6.19. The van der Waals surface area contributed by atoms with Gasteiger partial charge in [0, 0.05) is 19.5 Å². The van der Waals surface area contributed by atoms with Crippen LogP contribution < -0.4 is 10.6 Å². The standard InChI is InChI=1S/C16H30N2O3/c1-3-5-13(6-7-14(19)20)8-10-18-15(21)16(4-2)9-11-17-12-16/h13,17H,3-12H2,1-2H3,(H,18,21)(H,19,20). The Bertz CT molecular complexity index is 338. The van der Waals surface area contributed by atoms with Crippen molar-refractivity contribution < 1.29 is 14.7 Å². The smallest absolute Gasteiger partial charge is 0.303 e. The van der Waals surface area contributed by atoms with Crippen molar-refractivity contribution in [2.24, 2.45) is 11.3 Å². The molecule has 1 saturated heterocycles. The molecule has 1 fully saturated rings. The molecule has 2 unspecified atom stereocenters. The molecule has 1 aliphatic heterocycles. The molecular formula is C16H30N2O3. The summed E-state index contributed by atoms with van der Waals surface area (Å²) in [5.74, 6) is -0.184. The van der Waals surface area contributed by atoms with Gasteiger partial charge in [-0.25, -0.2) is 0 Å². The van der Waals surface area contributed by atoms with Gasteiger partial charge in [0.15, 0.2) is 0 Å². The maximum absolute atomic E-state index is 12.4. The summed E-state index contributed by atoms with van der Waals surface area (Å²) in [5.41, 5.74) is -0.235. The third-order valence-electron chi connectivity index (χ3n) is 4.70. The number of carbonyl (C=O) groups excluding carboxylic acids is 1. The molecule has 1 aliphatic rings. The predicted octanol–water partition coefficient (Wildman–Crippen LogP) is 2.16. The summed E-state index contributed by atoms with van der Waals surface area (Å²) in [6.45, 7) is 6.53. The molecule has 0 spiro atoms. The molecule has 5 heteroatoms. The normalized spacial score (nSPS) is 23.0. The molecule has 5 nitrogen and oxygen atoms in total. The number of hydrogen-bond donors (Lipinski definition) is 3. The van der Waals surface area contributed by atoms with Gasteiger partial charge in [0.05, 0.1) is 5.41 Å². The lowest BCUT2D eigenvalue weighted by Crippen LogP contribution is -2.42. The van der Waals surface area contributed by atoms with E-state index in [0.29, 0.717) is 18.9 Å². The largest absolute Gasteiger partial charge is 0.481 e. The van der Waals surface area contributed by atoms with Crippen molar-refractivity contribution in [2.45, 2.75) is 58.8 Å². The molecule has 1 heterocycles. The Kier molecular flexibility index (Phi) is 7.72. The van der Waals surface area contributed by atoms with Gasteiger partial charge in [0.25, 0.3) is 0 Å². The van der Waals surface area contributed by atoms with Gasteiger partial charge < -0.3 is 15.7 Å². The van der Waals surface area contributed by atoms with Crippen LogP contribution >= 0.6 is 0 Å². The zero-order chi connectivity index (χ0) is 15.7. The van der Waals surface area contributed by atoms with Gasteiger partial charge in [0.1, 0.15) is 0 Å². The first-order valence-electron chi connectivity index (χ1n) is 8.25. The van der Waals surface area contributed by atoms with E-state index in [-0.39, 0.29) is 17.7 Å². The molecule has 21 heavy (non-hydrogen) atoms. The number of hydrogen-bond acceptors (Lipinski definition) is 3. The first-order valence-corrected chi connectivity index (χ1v) is 8.25. The van der Waals surface area contributed by atoms with Gasteiger partial charge in [-0.3, -0.25) is 9.59 Å². The average Bonchev–Trinajstić information content (AvgIpc) is 2.94. The van der Waals surface area contributed by atoms with E-state index < -0.39 is 5.97 Å². The zero-order valence-corrected chi connectivity index (χ0v) is 13.4. The van der Waals surface area contributed by atoms with Gasteiger partial charge >= 0.3 is 5.97 Å². The molecule has 0 aromatic carbocycles. The number of nitrogens with one attached hydrogen (secondary N) is 2. The summed E-state index contributed by atoms with van der Waals surface area (Å²) < 4.78 is 0. The third kappa shape index (κ3) is 5.65. The molecule has 0 aromatic rings. The van der Waals surface area contributed by atoms with Crippen LogP contribution in [0.1, 0.15) is 58.8 Å². The van der Waals surface area contributed by atoms with Crippen molar-refractivity contribution in [3.05, 3.63) is 0 Å². The quantitative estimate of drug-likeness (QED) is 0.577. The molecule has 0 bridgehead atoms. The predicted molar refractivity (Wildman–Crippen MR) is 83.1 cm³/mol. The second-order valence-corrected chi connectivity index (χ2v) is 6.19. The summed E-state index contributed by atoms with van der Waals surface area (Å²) >= 11 is 0. The fourth-order valence-electron chi connectivity index (χ4n) is 3.15. The molecular weight excluding hydrogens is 268 g/mol. The molecule has 0 saturated carbocycles. The molecule has 2 atom stereocenters. The molecule has 3 N–H and O–H groups in total. The van der Waals surface area contributed by atoms with Crippen LogP contribution in [0.25, 0.3) is 0 Å². The average molecular weight is 298 g/mol. The van der Waals surface area contributed by atoms with Crippen molar-refractivity contribution in [3.8, 4) is 0 Å². The Labute approximate surface area is 127 Å². The highest BCUT2D eigenvalue weighted by atomic mass is 16.4. The maximum atomic E-state index is 12.4.